The molecule has 0 saturated carbocycles. The molecule has 1 saturated heterocycles. The largest absolute Gasteiger partial charge is 0.358 e. The number of aromatic nitrogens is 2. The minimum atomic E-state index is -0.143. The second kappa shape index (κ2) is 6.83. The summed E-state index contributed by atoms with van der Waals surface area (Å²) in [5.41, 5.74) is 2.79. The summed E-state index contributed by atoms with van der Waals surface area (Å²) in [6.45, 7) is 6.42. The highest BCUT2D eigenvalue weighted by atomic mass is 16.1. The lowest BCUT2D eigenvalue weighted by Crippen LogP contribution is -2.33. The van der Waals surface area contributed by atoms with E-state index in [2.05, 4.69) is 38.7 Å². The van der Waals surface area contributed by atoms with E-state index in [-0.39, 0.29) is 5.91 Å². The summed E-state index contributed by atoms with van der Waals surface area (Å²) >= 11 is 0. The smallest absolute Gasteiger partial charge is 0.258 e. The van der Waals surface area contributed by atoms with Gasteiger partial charge in [0.1, 0.15) is 11.6 Å². The molecule has 0 unspecified atom stereocenters. The highest BCUT2D eigenvalue weighted by Gasteiger charge is 2.19. The molecule has 0 aromatic carbocycles. The molecule has 26 heavy (non-hydrogen) atoms. The number of nitrogens with zero attached hydrogens (tertiary/aromatic N) is 3. The highest BCUT2D eigenvalue weighted by Crippen LogP contribution is 2.25. The van der Waals surface area contributed by atoms with Gasteiger partial charge in [0.15, 0.2) is 0 Å². The van der Waals surface area contributed by atoms with Crippen molar-refractivity contribution >= 4 is 23.1 Å². The monoisotopic (exact) mass is 348 g/mol. The fourth-order valence-electron chi connectivity index (χ4n) is 3.45. The molecule has 1 amide bonds. The SMILES string of the molecule is Cc1ccc(NC(=O)c2ccc3ccc(N4CCC(C)CC4)n3c2)nc1. The minimum Gasteiger partial charge on any atom is -0.358 e. The maximum atomic E-state index is 12.6. The Labute approximate surface area is 153 Å². The van der Waals surface area contributed by atoms with Crippen LogP contribution in [0.3, 0.4) is 0 Å². The number of pyridine rings is 2. The van der Waals surface area contributed by atoms with Gasteiger partial charge in [0.25, 0.3) is 5.91 Å². The molecule has 0 aliphatic carbocycles. The topological polar surface area (TPSA) is 49.6 Å². The summed E-state index contributed by atoms with van der Waals surface area (Å²) in [5, 5.41) is 2.87. The van der Waals surface area contributed by atoms with Gasteiger partial charge in [0.05, 0.1) is 5.56 Å². The van der Waals surface area contributed by atoms with Crippen molar-refractivity contribution in [2.24, 2.45) is 5.92 Å². The number of rotatable bonds is 3. The fourth-order valence-corrected chi connectivity index (χ4v) is 3.45. The van der Waals surface area contributed by atoms with Gasteiger partial charge in [0.2, 0.25) is 0 Å². The lowest BCUT2D eigenvalue weighted by atomic mass is 9.99. The Morgan fingerprint density at radius 1 is 1.12 bits per heavy atom. The van der Waals surface area contributed by atoms with Gasteiger partial charge in [-0.25, -0.2) is 4.98 Å². The van der Waals surface area contributed by atoms with E-state index in [1.54, 1.807) is 6.20 Å². The van der Waals surface area contributed by atoms with Crippen LogP contribution in [0, 0.1) is 12.8 Å². The summed E-state index contributed by atoms with van der Waals surface area (Å²) in [4.78, 5) is 19.3. The zero-order chi connectivity index (χ0) is 18.1. The molecule has 3 aromatic heterocycles. The summed E-state index contributed by atoms with van der Waals surface area (Å²) in [6, 6.07) is 11.9. The van der Waals surface area contributed by atoms with E-state index < -0.39 is 0 Å². The Balaban J connectivity index is 1.59. The number of piperidine rings is 1. The van der Waals surface area contributed by atoms with Crippen molar-refractivity contribution in [3.63, 3.8) is 0 Å². The predicted octanol–water partition coefficient (Wildman–Crippen LogP) is 4.13. The van der Waals surface area contributed by atoms with Gasteiger partial charge in [-0.15, -0.1) is 0 Å². The van der Waals surface area contributed by atoms with E-state index in [0.29, 0.717) is 11.4 Å². The first-order valence-corrected chi connectivity index (χ1v) is 9.20. The lowest BCUT2D eigenvalue weighted by molar-refractivity contribution is 0.102. The van der Waals surface area contributed by atoms with Crippen LogP contribution in [-0.2, 0) is 0 Å². The van der Waals surface area contributed by atoms with Crippen LogP contribution in [0.5, 0.6) is 0 Å². The van der Waals surface area contributed by atoms with Crippen LogP contribution < -0.4 is 10.2 Å². The molecule has 3 aromatic rings. The van der Waals surface area contributed by atoms with Crippen molar-refractivity contribution in [1.29, 1.82) is 0 Å². The Hall–Kier alpha value is -2.82. The number of amides is 1. The summed E-state index contributed by atoms with van der Waals surface area (Å²) in [6.07, 6.45) is 6.10. The molecule has 0 atom stereocenters. The molecule has 4 rings (SSSR count). The van der Waals surface area contributed by atoms with E-state index >= 15 is 0 Å². The number of aryl methyl sites for hydroxylation is 1. The number of carbonyl (C=O) groups excluding carboxylic acids is 1. The average molecular weight is 348 g/mol. The number of hydrogen-bond acceptors (Lipinski definition) is 3. The lowest BCUT2D eigenvalue weighted by Gasteiger charge is -2.31. The number of carbonyl (C=O) groups is 1. The molecule has 5 nitrogen and oxygen atoms in total. The third-order valence-corrected chi connectivity index (χ3v) is 5.15. The van der Waals surface area contributed by atoms with Crippen molar-refractivity contribution in [1.82, 2.24) is 9.38 Å². The third-order valence-electron chi connectivity index (χ3n) is 5.15. The highest BCUT2D eigenvalue weighted by molar-refractivity contribution is 6.03. The van der Waals surface area contributed by atoms with Gasteiger partial charge >= 0.3 is 0 Å². The van der Waals surface area contributed by atoms with Crippen molar-refractivity contribution in [3.8, 4) is 0 Å². The Bertz CT molecular complexity index is 921. The average Bonchev–Trinajstić information content (AvgIpc) is 3.07. The van der Waals surface area contributed by atoms with Gasteiger partial charge in [-0.05, 0) is 61.6 Å². The number of hydrogen-bond donors (Lipinski definition) is 1. The zero-order valence-corrected chi connectivity index (χ0v) is 15.3. The third kappa shape index (κ3) is 3.29. The molecule has 0 spiro atoms. The summed E-state index contributed by atoms with van der Waals surface area (Å²) in [7, 11) is 0. The van der Waals surface area contributed by atoms with E-state index in [9.17, 15) is 4.79 Å². The first-order chi connectivity index (χ1) is 12.6. The second-order valence-electron chi connectivity index (χ2n) is 7.25. The van der Waals surface area contributed by atoms with E-state index in [1.807, 2.05) is 37.4 Å². The molecule has 0 radical (unpaired) electrons. The molecule has 1 aliphatic heterocycles. The van der Waals surface area contributed by atoms with Gasteiger partial charge in [-0.3, -0.25) is 4.79 Å². The molecule has 5 heteroatoms. The number of anilines is 2. The first kappa shape index (κ1) is 16.6. The number of nitrogens with one attached hydrogen (secondary N) is 1. The zero-order valence-electron chi connectivity index (χ0n) is 15.3. The van der Waals surface area contributed by atoms with Gasteiger partial charge in [-0.2, -0.15) is 0 Å². The quantitative estimate of drug-likeness (QED) is 0.774. The van der Waals surface area contributed by atoms with Crippen molar-refractivity contribution in [2.75, 3.05) is 23.3 Å². The molecule has 134 valence electrons. The first-order valence-electron chi connectivity index (χ1n) is 9.20. The van der Waals surface area contributed by atoms with Crippen LogP contribution in [0.2, 0.25) is 0 Å². The summed E-state index contributed by atoms with van der Waals surface area (Å²) in [5.74, 6) is 2.38. The normalized spacial score (nSPS) is 15.4. The molecular weight excluding hydrogens is 324 g/mol. The Morgan fingerprint density at radius 2 is 1.88 bits per heavy atom. The fraction of sp³-hybridized carbons (Fsp3) is 0.333. The van der Waals surface area contributed by atoms with Crippen LogP contribution in [0.15, 0.2) is 48.8 Å². The Kier molecular flexibility index (Phi) is 4.37. The van der Waals surface area contributed by atoms with Crippen LogP contribution >= 0.6 is 0 Å². The van der Waals surface area contributed by atoms with Gasteiger partial charge in [0, 0.05) is 31.0 Å². The van der Waals surface area contributed by atoms with Gasteiger partial charge in [-0.1, -0.05) is 13.0 Å². The summed E-state index contributed by atoms with van der Waals surface area (Å²) < 4.78 is 2.12. The Morgan fingerprint density at radius 3 is 2.62 bits per heavy atom. The molecule has 1 aliphatic rings. The molecule has 1 fully saturated rings. The maximum Gasteiger partial charge on any atom is 0.258 e. The van der Waals surface area contributed by atoms with Crippen LogP contribution in [0.4, 0.5) is 11.6 Å². The minimum absolute atomic E-state index is 0.143. The maximum absolute atomic E-state index is 12.6. The van der Waals surface area contributed by atoms with E-state index in [1.165, 1.54) is 12.8 Å². The number of fused-ring (bicyclic) bond motifs is 1. The van der Waals surface area contributed by atoms with E-state index in [4.69, 9.17) is 0 Å². The predicted molar refractivity (Wildman–Crippen MR) is 105 cm³/mol. The van der Waals surface area contributed by atoms with Crippen LogP contribution in [0.25, 0.3) is 5.52 Å². The van der Waals surface area contributed by atoms with Gasteiger partial charge < -0.3 is 14.6 Å². The molecule has 4 heterocycles. The van der Waals surface area contributed by atoms with Crippen molar-refractivity contribution in [2.45, 2.75) is 26.7 Å². The molecule has 0 bridgehead atoms. The van der Waals surface area contributed by atoms with Crippen molar-refractivity contribution < 1.29 is 4.79 Å². The van der Waals surface area contributed by atoms with E-state index in [0.717, 1.165) is 35.9 Å². The van der Waals surface area contributed by atoms with Crippen molar-refractivity contribution in [3.05, 3.63) is 59.9 Å². The standard InChI is InChI=1S/C21H24N4O/c1-15-9-11-24(12-10-15)20-8-6-18-5-4-17(14-25(18)20)21(26)23-19-7-3-16(2)13-22-19/h3-8,13-15H,9-12H2,1-2H3,(H,22,23,26). The molecular formula is C21H24N4O. The molecule has 1 N–H and O–H groups in total. The van der Waals surface area contributed by atoms with Crippen LogP contribution in [0.1, 0.15) is 35.7 Å². The van der Waals surface area contributed by atoms with Crippen LogP contribution in [-0.4, -0.2) is 28.4 Å². The second-order valence-corrected chi connectivity index (χ2v) is 7.25.